The van der Waals surface area contributed by atoms with Crippen LogP contribution >= 0.6 is 11.3 Å². The van der Waals surface area contributed by atoms with Crippen LogP contribution in [0.4, 0.5) is 0 Å². The number of nitrogens with zero attached hydrogens (tertiary/aromatic N) is 4. The van der Waals surface area contributed by atoms with E-state index >= 15 is 0 Å². The zero-order chi connectivity index (χ0) is 19.7. The molecule has 4 rings (SSSR count). The van der Waals surface area contributed by atoms with Crippen LogP contribution < -0.4 is 4.80 Å². The zero-order valence-corrected chi connectivity index (χ0v) is 16.6. The van der Waals surface area contributed by atoms with Crippen molar-refractivity contribution in [3.63, 3.8) is 0 Å². The minimum atomic E-state index is -0.294. The molecule has 3 heterocycles. The SMILES string of the molecule is CCc1nn(CC(=O)N2N=C(c3ccc(C)cc3)CC2c2ccco2)c(=N)s1. The summed E-state index contributed by atoms with van der Waals surface area (Å²) < 4.78 is 7.01. The van der Waals surface area contributed by atoms with E-state index in [1.165, 1.54) is 26.6 Å². The van der Waals surface area contributed by atoms with E-state index < -0.39 is 0 Å². The van der Waals surface area contributed by atoms with Gasteiger partial charge in [-0.25, -0.2) is 9.69 Å². The van der Waals surface area contributed by atoms with Crippen LogP contribution in [0, 0.1) is 12.3 Å². The van der Waals surface area contributed by atoms with Crippen LogP contribution in [0.1, 0.15) is 41.3 Å². The molecule has 144 valence electrons. The summed E-state index contributed by atoms with van der Waals surface area (Å²) in [7, 11) is 0. The number of carbonyl (C=O) groups excluding carboxylic acids is 1. The first kappa shape index (κ1) is 18.4. The number of nitrogens with one attached hydrogen (secondary N) is 1. The Kier molecular flexibility index (Phi) is 4.95. The Hall–Kier alpha value is -3.00. The standard InChI is InChI=1S/C20H21N5O2S/c1-3-18-23-24(20(21)28-18)12-19(26)25-16(17-5-4-10-27-17)11-15(22-25)14-8-6-13(2)7-9-14/h4-10,16,21H,3,11-12H2,1-2H3. The van der Waals surface area contributed by atoms with Crippen LogP contribution in [0.5, 0.6) is 0 Å². The van der Waals surface area contributed by atoms with Crippen LogP contribution in [-0.2, 0) is 17.8 Å². The maximum Gasteiger partial charge on any atom is 0.265 e. The molecular formula is C20H21N5O2S. The second kappa shape index (κ2) is 7.55. The van der Waals surface area contributed by atoms with Gasteiger partial charge in [0, 0.05) is 6.42 Å². The van der Waals surface area contributed by atoms with E-state index in [0.29, 0.717) is 12.2 Å². The smallest absolute Gasteiger partial charge is 0.265 e. The third-order valence-corrected chi connectivity index (χ3v) is 5.70. The van der Waals surface area contributed by atoms with Crippen molar-refractivity contribution >= 4 is 23.0 Å². The number of furan rings is 1. The van der Waals surface area contributed by atoms with E-state index in [1.54, 1.807) is 6.26 Å². The molecular weight excluding hydrogens is 374 g/mol. The highest BCUT2D eigenvalue weighted by Crippen LogP contribution is 2.33. The number of carbonyl (C=O) groups is 1. The lowest BCUT2D eigenvalue weighted by molar-refractivity contribution is -0.134. The first-order chi connectivity index (χ1) is 13.5. The van der Waals surface area contributed by atoms with E-state index in [4.69, 9.17) is 9.83 Å². The molecule has 28 heavy (non-hydrogen) atoms. The molecule has 0 radical (unpaired) electrons. The van der Waals surface area contributed by atoms with Crippen LogP contribution in [0.2, 0.25) is 0 Å². The summed E-state index contributed by atoms with van der Waals surface area (Å²) >= 11 is 1.29. The normalized spacial score (nSPS) is 16.4. The van der Waals surface area contributed by atoms with Gasteiger partial charge in [-0.1, -0.05) is 48.1 Å². The van der Waals surface area contributed by atoms with Gasteiger partial charge < -0.3 is 4.42 Å². The third kappa shape index (κ3) is 3.55. The molecule has 0 bridgehead atoms. The molecule has 1 aliphatic rings. The summed E-state index contributed by atoms with van der Waals surface area (Å²) in [6.45, 7) is 4.00. The molecule has 7 nitrogen and oxygen atoms in total. The summed E-state index contributed by atoms with van der Waals surface area (Å²) in [5.41, 5.74) is 3.01. The maximum absolute atomic E-state index is 13.0. The van der Waals surface area contributed by atoms with Gasteiger partial charge in [0.2, 0.25) is 4.80 Å². The van der Waals surface area contributed by atoms with Crippen molar-refractivity contribution < 1.29 is 9.21 Å². The number of hydrogen-bond donors (Lipinski definition) is 1. The van der Waals surface area contributed by atoms with Gasteiger partial charge in [0.15, 0.2) is 0 Å². The predicted octanol–water partition coefficient (Wildman–Crippen LogP) is 3.27. The molecule has 0 aliphatic carbocycles. The van der Waals surface area contributed by atoms with Gasteiger partial charge in [-0.05, 0) is 31.0 Å². The molecule has 0 spiro atoms. The van der Waals surface area contributed by atoms with Gasteiger partial charge >= 0.3 is 0 Å². The van der Waals surface area contributed by atoms with Crippen molar-refractivity contribution in [3.8, 4) is 0 Å². The minimum absolute atomic E-state index is 0.0166. The van der Waals surface area contributed by atoms with Gasteiger partial charge in [-0.3, -0.25) is 10.2 Å². The average molecular weight is 395 g/mol. The fourth-order valence-electron chi connectivity index (χ4n) is 3.18. The largest absolute Gasteiger partial charge is 0.467 e. The lowest BCUT2D eigenvalue weighted by atomic mass is 10.0. The number of hydrogen-bond acceptors (Lipinski definition) is 6. The zero-order valence-electron chi connectivity index (χ0n) is 15.8. The second-order valence-corrected chi connectivity index (χ2v) is 7.76. The molecule has 2 aromatic heterocycles. The Morgan fingerprint density at radius 3 is 2.75 bits per heavy atom. The molecule has 3 aromatic rings. The van der Waals surface area contributed by atoms with E-state index in [1.807, 2.05) is 50.2 Å². The number of hydrazone groups is 1. The van der Waals surface area contributed by atoms with Crippen molar-refractivity contribution in [2.75, 3.05) is 0 Å². The van der Waals surface area contributed by atoms with Crippen molar-refractivity contribution in [1.29, 1.82) is 5.41 Å². The molecule has 1 amide bonds. The number of rotatable bonds is 5. The van der Waals surface area contributed by atoms with E-state index in [-0.39, 0.29) is 23.3 Å². The van der Waals surface area contributed by atoms with E-state index in [0.717, 1.165) is 22.7 Å². The summed E-state index contributed by atoms with van der Waals surface area (Å²) in [6, 6.07) is 11.5. The van der Waals surface area contributed by atoms with Crippen LogP contribution in [-0.4, -0.2) is 26.4 Å². The number of amides is 1. The van der Waals surface area contributed by atoms with Crippen LogP contribution in [0.3, 0.4) is 0 Å². The molecule has 0 saturated carbocycles. The van der Waals surface area contributed by atoms with Gasteiger partial charge in [0.25, 0.3) is 5.91 Å². The highest BCUT2D eigenvalue weighted by atomic mass is 32.1. The second-order valence-electron chi connectivity index (χ2n) is 6.70. The Morgan fingerprint density at radius 1 is 1.32 bits per heavy atom. The van der Waals surface area contributed by atoms with Gasteiger partial charge in [-0.15, -0.1) is 0 Å². The predicted molar refractivity (Wildman–Crippen MR) is 106 cm³/mol. The monoisotopic (exact) mass is 395 g/mol. The summed E-state index contributed by atoms with van der Waals surface area (Å²) in [5, 5.41) is 19.3. The highest BCUT2D eigenvalue weighted by Gasteiger charge is 2.35. The maximum atomic E-state index is 13.0. The van der Waals surface area contributed by atoms with Gasteiger partial charge in [-0.2, -0.15) is 10.2 Å². The Labute approximate surface area is 166 Å². The van der Waals surface area contributed by atoms with Gasteiger partial charge in [0.1, 0.15) is 23.4 Å². The first-order valence-corrected chi connectivity index (χ1v) is 9.98. The average Bonchev–Trinajstić information content (AvgIpc) is 3.42. The first-order valence-electron chi connectivity index (χ1n) is 9.16. The molecule has 1 N–H and O–H groups in total. The summed E-state index contributed by atoms with van der Waals surface area (Å²) in [5.74, 6) is 0.484. The van der Waals surface area contributed by atoms with Crippen molar-refractivity contribution in [3.05, 3.63) is 69.4 Å². The lowest BCUT2D eigenvalue weighted by Gasteiger charge is -2.19. The lowest BCUT2D eigenvalue weighted by Crippen LogP contribution is -2.33. The van der Waals surface area contributed by atoms with Crippen molar-refractivity contribution in [2.45, 2.75) is 39.3 Å². The molecule has 0 saturated heterocycles. The van der Waals surface area contributed by atoms with Crippen molar-refractivity contribution in [1.82, 2.24) is 14.8 Å². The number of aromatic nitrogens is 2. The van der Waals surface area contributed by atoms with E-state index in [9.17, 15) is 4.79 Å². The fourth-order valence-corrected chi connectivity index (χ4v) is 3.90. The minimum Gasteiger partial charge on any atom is -0.467 e. The Balaban J connectivity index is 1.63. The number of aryl methyl sites for hydroxylation is 2. The topological polar surface area (TPSA) is 87.5 Å². The Bertz CT molecular complexity index is 1060. The van der Waals surface area contributed by atoms with Crippen molar-refractivity contribution in [2.24, 2.45) is 5.10 Å². The molecule has 1 aliphatic heterocycles. The van der Waals surface area contributed by atoms with Crippen LogP contribution in [0.25, 0.3) is 0 Å². The number of benzene rings is 1. The molecule has 1 unspecified atom stereocenters. The third-order valence-electron chi connectivity index (χ3n) is 4.69. The molecule has 8 heteroatoms. The molecule has 0 fully saturated rings. The highest BCUT2D eigenvalue weighted by molar-refractivity contribution is 7.08. The Morgan fingerprint density at radius 2 is 2.11 bits per heavy atom. The van der Waals surface area contributed by atoms with Crippen LogP contribution in [0.15, 0.2) is 52.2 Å². The fraction of sp³-hybridized carbons (Fsp3) is 0.300. The van der Waals surface area contributed by atoms with E-state index in [2.05, 4.69) is 10.2 Å². The summed E-state index contributed by atoms with van der Waals surface area (Å²) in [6.07, 6.45) is 2.93. The quantitative estimate of drug-likeness (QED) is 0.719. The molecule has 1 aromatic carbocycles. The summed E-state index contributed by atoms with van der Waals surface area (Å²) in [4.78, 5) is 13.3. The van der Waals surface area contributed by atoms with Gasteiger partial charge in [0.05, 0.1) is 12.0 Å². The molecule has 1 atom stereocenters.